The van der Waals surface area contributed by atoms with Crippen molar-refractivity contribution in [2.24, 2.45) is 11.8 Å². The Morgan fingerprint density at radius 3 is 2.57 bits per heavy atom. The molecule has 1 aromatic heterocycles. The van der Waals surface area contributed by atoms with Gasteiger partial charge in [0.05, 0.1) is 16.7 Å². The quantitative estimate of drug-likeness (QED) is 0.525. The number of hydrogen-bond acceptors (Lipinski definition) is 5. The second-order valence-electron chi connectivity index (χ2n) is 7.31. The number of benzene rings is 1. The summed E-state index contributed by atoms with van der Waals surface area (Å²) in [5.74, 6) is 0.0162. The number of nitrogens with zero attached hydrogens (tertiary/aromatic N) is 2. The number of hydrogen-bond donors (Lipinski definition) is 2. The maximum absolute atomic E-state index is 12.9. The van der Waals surface area contributed by atoms with Gasteiger partial charge >= 0.3 is 6.03 Å². The molecule has 0 radical (unpaired) electrons. The highest BCUT2D eigenvalue weighted by Gasteiger charge is 2.15. The van der Waals surface area contributed by atoms with Crippen LogP contribution in [0.5, 0.6) is 0 Å². The molecule has 0 aliphatic carbocycles. The van der Waals surface area contributed by atoms with Gasteiger partial charge in [-0.15, -0.1) is 0 Å². The van der Waals surface area contributed by atoms with Gasteiger partial charge in [0, 0.05) is 18.1 Å². The Morgan fingerprint density at radius 1 is 1.21 bits per heavy atom. The van der Waals surface area contributed by atoms with Gasteiger partial charge in [-0.1, -0.05) is 51.1 Å². The molecule has 28 heavy (non-hydrogen) atoms. The molecular weight excluding hydrogens is 400 g/mol. The van der Waals surface area contributed by atoms with Gasteiger partial charge < -0.3 is 5.32 Å². The average Bonchev–Trinajstić information content (AvgIpc) is 2.60. The van der Waals surface area contributed by atoms with Crippen molar-refractivity contribution in [2.45, 2.75) is 39.4 Å². The SMILES string of the molecule is CC(C)CNC(=O)NC(=O)CSc1nc2cc(Cl)ccc2c(=O)n1CC(C)C. The van der Waals surface area contributed by atoms with Gasteiger partial charge in [0.2, 0.25) is 5.91 Å². The molecule has 0 spiro atoms. The van der Waals surface area contributed by atoms with Crippen LogP contribution < -0.4 is 16.2 Å². The molecule has 0 atom stereocenters. The third kappa shape index (κ3) is 6.24. The lowest BCUT2D eigenvalue weighted by Gasteiger charge is -2.15. The summed E-state index contributed by atoms with van der Waals surface area (Å²) in [7, 11) is 0. The largest absolute Gasteiger partial charge is 0.338 e. The Kier molecular flexibility index (Phi) is 7.88. The molecular formula is C19H25ClN4O3S. The first-order valence-electron chi connectivity index (χ1n) is 9.08. The Hall–Kier alpha value is -2.06. The second kappa shape index (κ2) is 9.93. The summed E-state index contributed by atoms with van der Waals surface area (Å²) in [6, 6.07) is 4.41. The van der Waals surface area contributed by atoms with Gasteiger partial charge in [-0.3, -0.25) is 19.5 Å². The van der Waals surface area contributed by atoms with Crippen molar-refractivity contribution in [1.82, 2.24) is 20.2 Å². The zero-order valence-corrected chi connectivity index (χ0v) is 18.0. The van der Waals surface area contributed by atoms with E-state index in [1.165, 1.54) is 0 Å². The standard InChI is InChI=1S/C19H25ClN4O3S/c1-11(2)8-21-18(27)23-16(25)10-28-19-22-15-7-13(20)5-6-14(15)17(26)24(19)9-12(3)4/h5-7,11-12H,8-10H2,1-4H3,(H2,21,23,25,27). The molecule has 2 N–H and O–H groups in total. The summed E-state index contributed by atoms with van der Waals surface area (Å²) < 4.78 is 1.57. The Balaban J connectivity index is 2.19. The summed E-state index contributed by atoms with van der Waals surface area (Å²) in [6.07, 6.45) is 0. The molecule has 3 amide bonds. The first-order valence-corrected chi connectivity index (χ1v) is 10.4. The van der Waals surface area contributed by atoms with Gasteiger partial charge in [0.25, 0.3) is 5.56 Å². The highest BCUT2D eigenvalue weighted by Crippen LogP contribution is 2.21. The molecule has 2 rings (SSSR count). The molecule has 0 aliphatic heterocycles. The molecule has 0 bridgehead atoms. The Bertz CT molecular complexity index is 927. The zero-order valence-electron chi connectivity index (χ0n) is 16.4. The molecule has 1 heterocycles. The van der Waals surface area contributed by atoms with Gasteiger partial charge in [-0.25, -0.2) is 9.78 Å². The van der Waals surface area contributed by atoms with E-state index in [1.54, 1.807) is 22.8 Å². The number of halogens is 1. The van der Waals surface area contributed by atoms with Gasteiger partial charge in [-0.2, -0.15) is 0 Å². The minimum atomic E-state index is -0.530. The third-order valence-corrected chi connectivity index (χ3v) is 4.90. The Labute approximate surface area is 173 Å². The van der Waals surface area contributed by atoms with E-state index in [9.17, 15) is 14.4 Å². The summed E-state index contributed by atoms with van der Waals surface area (Å²) in [5, 5.41) is 6.29. The van der Waals surface area contributed by atoms with Crippen LogP contribution in [0, 0.1) is 11.8 Å². The minimum Gasteiger partial charge on any atom is -0.338 e. The van der Waals surface area contributed by atoms with Crippen molar-refractivity contribution in [3.63, 3.8) is 0 Å². The maximum atomic E-state index is 12.9. The van der Waals surface area contributed by atoms with Crippen LogP contribution in [0.1, 0.15) is 27.7 Å². The lowest BCUT2D eigenvalue weighted by molar-refractivity contribution is -0.117. The summed E-state index contributed by atoms with van der Waals surface area (Å²) in [6.45, 7) is 8.88. The predicted molar refractivity (Wildman–Crippen MR) is 113 cm³/mol. The van der Waals surface area contributed by atoms with Crippen molar-refractivity contribution in [3.8, 4) is 0 Å². The highest BCUT2D eigenvalue weighted by atomic mass is 35.5. The van der Waals surface area contributed by atoms with E-state index in [4.69, 9.17) is 11.6 Å². The second-order valence-corrected chi connectivity index (χ2v) is 8.69. The molecule has 0 aliphatic rings. The molecule has 7 nitrogen and oxygen atoms in total. The van der Waals surface area contributed by atoms with Gasteiger partial charge in [-0.05, 0) is 30.0 Å². The van der Waals surface area contributed by atoms with E-state index in [0.29, 0.717) is 34.2 Å². The molecule has 0 saturated carbocycles. The van der Waals surface area contributed by atoms with Crippen LogP contribution in [0.25, 0.3) is 10.9 Å². The summed E-state index contributed by atoms with van der Waals surface area (Å²) in [5.41, 5.74) is 0.308. The molecule has 0 fully saturated rings. The van der Waals surface area contributed by atoms with Gasteiger partial charge in [0.1, 0.15) is 0 Å². The molecule has 152 valence electrons. The normalized spacial score (nSPS) is 11.2. The topological polar surface area (TPSA) is 93.1 Å². The number of urea groups is 1. The molecule has 0 saturated heterocycles. The van der Waals surface area contributed by atoms with Crippen LogP contribution in [0.3, 0.4) is 0 Å². The van der Waals surface area contributed by atoms with Crippen LogP contribution in [-0.2, 0) is 11.3 Å². The third-order valence-electron chi connectivity index (χ3n) is 3.69. The molecule has 0 unspecified atom stereocenters. The van der Waals surface area contributed by atoms with Crippen molar-refractivity contribution in [2.75, 3.05) is 12.3 Å². The van der Waals surface area contributed by atoms with E-state index in [2.05, 4.69) is 15.6 Å². The number of imide groups is 1. The fraction of sp³-hybridized carbons (Fsp3) is 0.474. The van der Waals surface area contributed by atoms with Crippen LogP contribution in [0.2, 0.25) is 5.02 Å². The fourth-order valence-corrected chi connectivity index (χ4v) is 3.42. The Morgan fingerprint density at radius 2 is 1.93 bits per heavy atom. The monoisotopic (exact) mass is 424 g/mol. The first-order chi connectivity index (χ1) is 13.2. The van der Waals surface area contributed by atoms with E-state index < -0.39 is 11.9 Å². The molecule has 2 aromatic rings. The average molecular weight is 425 g/mol. The number of aromatic nitrogens is 2. The van der Waals surface area contributed by atoms with Crippen LogP contribution in [0.15, 0.2) is 28.2 Å². The highest BCUT2D eigenvalue weighted by molar-refractivity contribution is 7.99. The van der Waals surface area contributed by atoms with Crippen molar-refractivity contribution >= 4 is 46.2 Å². The number of carbonyl (C=O) groups excluding carboxylic acids is 2. The number of nitrogens with one attached hydrogen (secondary N) is 2. The van der Waals surface area contributed by atoms with Crippen LogP contribution >= 0.6 is 23.4 Å². The van der Waals surface area contributed by atoms with Crippen molar-refractivity contribution in [1.29, 1.82) is 0 Å². The lowest BCUT2D eigenvalue weighted by atomic mass is 10.2. The van der Waals surface area contributed by atoms with Gasteiger partial charge in [0.15, 0.2) is 5.16 Å². The lowest BCUT2D eigenvalue weighted by Crippen LogP contribution is -2.41. The van der Waals surface area contributed by atoms with Crippen molar-refractivity contribution in [3.05, 3.63) is 33.6 Å². The minimum absolute atomic E-state index is 0.0360. The zero-order chi connectivity index (χ0) is 20.8. The van der Waals surface area contributed by atoms with E-state index in [-0.39, 0.29) is 23.1 Å². The number of rotatable bonds is 7. The number of amides is 3. The number of fused-ring (bicyclic) bond motifs is 1. The molecule has 1 aromatic carbocycles. The summed E-state index contributed by atoms with van der Waals surface area (Å²) >= 11 is 7.14. The van der Waals surface area contributed by atoms with E-state index >= 15 is 0 Å². The number of carbonyl (C=O) groups is 2. The fourth-order valence-electron chi connectivity index (χ4n) is 2.44. The van der Waals surface area contributed by atoms with Crippen molar-refractivity contribution < 1.29 is 9.59 Å². The van der Waals surface area contributed by atoms with Crippen LogP contribution in [-0.4, -0.2) is 33.8 Å². The molecule has 9 heteroatoms. The number of thioether (sulfide) groups is 1. The van der Waals surface area contributed by atoms with E-state index in [1.807, 2.05) is 27.7 Å². The van der Waals surface area contributed by atoms with E-state index in [0.717, 1.165) is 11.8 Å². The smallest absolute Gasteiger partial charge is 0.321 e. The van der Waals surface area contributed by atoms with Crippen LogP contribution in [0.4, 0.5) is 4.79 Å². The maximum Gasteiger partial charge on any atom is 0.321 e. The first kappa shape index (κ1) is 22.2. The predicted octanol–water partition coefficient (Wildman–Crippen LogP) is 3.28. The summed E-state index contributed by atoms with van der Waals surface area (Å²) in [4.78, 5) is 41.2.